The third kappa shape index (κ3) is 5.20. The van der Waals surface area contributed by atoms with Crippen molar-refractivity contribution in [2.45, 2.75) is 52.2 Å². The Morgan fingerprint density at radius 1 is 1.26 bits per heavy atom. The van der Waals surface area contributed by atoms with E-state index in [2.05, 4.69) is 30.7 Å². The number of aromatic nitrogens is 1. The molecule has 1 amide bonds. The lowest BCUT2D eigenvalue weighted by Gasteiger charge is -2.40. The molecule has 150 valence electrons. The highest BCUT2D eigenvalue weighted by Gasteiger charge is 2.32. The van der Waals surface area contributed by atoms with E-state index in [9.17, 15) is 4.79 Å². The minimum atomic E-state index is 0.0616. The summed E-state index contributed by atoms with van der Waals surface area (Å²) >= 11 is 0. The van der Waals surface area contributed by atoms with E-state index in [1.807, 2.05) is 17.0 Å². The van der Waals surface area contributed by atoms with E-state index in [4.69, 9.17) is 9.47 Å². The lowest BCUT2D eigenvalue weighted by Crippen LogP contribution is -2.51. The van der Waals surface area contributed by atoms with Gasteiger partial charge in [0.2, 0.25) is 0 Å². The third-order valence-corrected chi connectivity index (χ3v) is 5.43. The second-order valence-electron chi connectivity index (χ2n) is 7.90. The molecule has 0 spiro atoms. The maximum atomic E-state index is 13.1. The molecule has 0 bridgehead atoms. The molecule has 2 atom stereocenters. The summed E-state index contributed by atoms with van der Waals surface area (Å²) in [6, 6.07) is 3.86. The lowest BCUT2D eigenvalue weighted by atomic mass is 10.0. The Morgan fingerprint density at radius 2 is 2.04 bits per heavy atom. The number of carbonyl (C=O) groups is 1. The smallest absolute Gasteiger partial charge is 0.255 e. The summed E-state index contributed by atoms with van der Waals surface area (Å²) < 4.78 is 11.6. The monoisotopic (exact) mass is 375 g/mol. The van der Waals surface area contributed by atoms with Crippen molar-refractivity contribution in [2.24, 2.45) is 5.92 Å². The van der Waals surface area contributed by atoms with Crippen LogP contribution < -0.4 is 4.90 Å². The highest BCUT2D eigenvalue weighted by Crippen LogP contribution is 2.23. The van der Waals surface area contributed by atoms with Crippen LogP contribution in [-0.2, 0) is 9.47 Å². The van der Waals surface area contributed by atoms with Gasteiger partial charge in [-0.3, -0.25) is 4.79 Å². The standard InChI is InChI=1S/C21H33N3O3/c1-4-5-6-18-14-24(15-19(27-18)16(2)3)21(25)17-7-8-20(22-13-17)23-9-11-26-12-10-23/h7-8,13,16,18-19H,4-6,9-12,14-15H2,1-3H3/t18-,19-/m1/s1. The Kier molecular flexibility index (Phi) is 7.07. The fourth-order valence-corrected chi connectivity index (χ4v) is 3.67. The van der Waals surface area contributed by atoms with Gasteiger partial charge in [-0.2, -0.15) is 0 Å². The summed E-state index contributed by atoms with van der Waals surface area (Å²) in [6.07, 6.45) is 5.24. The molecule has 0 N–H and O–H groups in total. The average Bonchev–Trinajstić information content (AvgIpc) is 2.72. The normalized spacial score (nSPS) is 23.7. The number of nitrogens with zero attached hydrogens (tertiary/aromatic N) is 3. The molecule has 3 heterocycles. The predicted octanol–water partition coefficient (Wildman–Crippen LogP) is 2.97. The first kappa shape index (κ1) is 20.1. The van der Waals surface area contributed by atoms with Crippen molar-refractivity contribution in [2.75, 3.05) is 44.3 Å². The quantitative estimate of drug-likeness (QED) is 0.765. The maximum Gasteiger partial charge on any atom is 0.255 e. The molecule has 6 nitrogen and oxygen atoms in total. The SMILES string of the molecule is CCCC[C@@H]1CN(C(=O)c2ccc(N3CCOCC3)nc2)C[C@H](C(C)C)O1. The number of rotatable bonds is 6. The van der Waals surface area contributed by atoms with Gasteiger partial charge in [-0.1, -0.05) is 33.6 Å². The fourth-order valence-electron chi connectivity index (χ4n) is 3.67. The molecule has 1 aromatic heterocycles. The Hall–Kier alpha value is -1.66. The van der Waals surface area contributed by atoms with Crippen molar-refractivity contribution in [1.82, 2.24) is 9.88 Å². The molecule has 2 saturated heterocycles. The number of unbranched alkanes of at least 4 members (excludes halogenated alkanes) is 1. The van der Waals surface area contributed by atoms with E-state index in [1.54, 1.807) is 6.20 Å². The van der Waals surface area contributed by atoms with E-state index in [0.29, 0.717) is 24.6 Å². The second-order valence-corrected chi connectivity index (χ2v) is 7.90. The number of ether oxygens (including phenoxy) is 2. The number of anilines is 1. The molecule has 1 aromatic rings. The molecule has 2 aliphatic rings. The van der Waals surface area contributed by atoms with E-state index in [1.165, 1.54) is 0 Å². The van der Waals surface area contributed by atoms with Crippen LogP contribution in [0.3, 0.4) is 0 Å². The van der Waals surface area contributed by atoms with Gasteiger partial charge in [0.05, 0.1) is 31.0 Å². The zero-order valence-electron chi connectivity index (χ0n) is 16.9. The second kappa shape index (κ2) is 9.51. The number of hydrogen-bond donors (Lipinski definition) is 0. The summed E-state index contributed by atoms with van der Waals surface area (Å²) in [7, 11) is 0. The van der Waals surface area contributed by atoms with Crippen LogP contribution in [0.5, 0.6) is 0 Å². The number of carbonyl (C=O) groups excluding carboxylic acids is 1. The topological polar surface area (TPSA) is 54.9 Å². The van der Waals surface area contributed by atoms with Gasteiger partial charge in [-0.15, -0.1) is 0 Å². The minimum Gasteiger partial charge on any atom is -0.378 e. The third-order valence-electron chi connectivity index (χ3n) is 5.43. The summed E-state index contributed by atoms with van der Waals surface area (Å²) in [5.41, 5.74) is 0.658. The van der Waals surface area contributed by atoms with Crippen molar-refractivity contribution < 1.29 is 14.3 Å². The maximum absolute atomic E-state index is 13.1. The Bertz CT molecular complexity index is 599. The first-order valence-corrected chi connectivity index (χ1v) is 10.3. The van der Waals surface area contributed by atoms with Crippen LogP contribution in [0.4, 0.5) is 5.82 Å². The molecule has 0 radical (unpaired) electrons. The van der Waals surface area contributed by atoms with Gasteiger partial charge in [0.15, 0.2) is 0 Å². The van der Waals surface area contributed by atoms with Gasteiger partial charge in [0, 0.05) is 32.4 Å². The Labute approximate surface area is 162 Å². The van der Waals surface area contributed by atoms with Crippen LogP contribution in [0.2, 0.25) is 0 Å². The molecule has 2 fully saturated rings. The van der Waals surface area contributed by atoms with Crippen molar-refractivity contribution in [3.63, 3.8) is 0 Å². The van der Waals surface area contributed by atoms with E-state index in [0.717, 1.165) is 51.4 Å². The molecular weight excluding hydrogens is 342 g/mol. The van der Waals surface area contributed by atoms with Gasteiger partial charge < -0.3 is 19.3 Å². The minimum absolute atomic E-state index is 0.0616. The summed E-state index contributed by atoms with van der Waals surface area (Å²) in [5.74, 6) is 1.37. The van der Waals surface area contributed by atoms with E-state index < -0.39 is 0 Å². The van der Waals surface area contributed by atoms with Crippen LogP contribution in [0.1, 0.15) is 50.4 Å². The van der Waals surface area contributed by atoms with Crippen LogP contribution in [0.25, 0.3) is 0 Å². The van der Waals surface area contributed by atoms with Crippen molar-refractivity contribution in [3.8, 4) is 0 Å². The molecule has 0 aromatic carbocycles. The van der Waals surface area contributed by atoms with Gasteiger partial charge in [0.1, 0.15) is 5.82 Å². The molecule has 2 aliphatic heterocycles. The largest absolute Gasteiger partial charge is 0.378 e. The molecule has 27 heavy (non-hydrogen) atoms. The van der Waals surface area contributed by atoms with E-state index in [-0.39, 0.29) is 18.1 Å². The first-order chi connectivity index (χ1) is 13.1. The van der Waals surface area contributed by atoms with Crippen LogP contribution in [-0.4, -0.2) is 67.4 Å². The Balaban J connectivity index is 1.67. The summed E-state index contributed by atoms with van der Waals surface area (Å²) in [4.78, 5) is 21.8. The molecule has 0 aliphatic carbocycles. The number of amides is 1. The average molecular weight is 376 g/mol. The van der Waals surface area contributed by atoms with Crippen LogP contribution in [0.15, 0.2) is 18.3 Å². The van der Waals surface area contributed by atoms with Gasteiger partial charge in [-0.05, 0) is 24.5 Å². The predicted molar refractivity (Wildman–Crippen MR) is 106 cm³/mol. The highest BCUT2D eigenvalue weighted by atomic mass is 16.5. The van der Waals surface area contributed by atoms with Crippen molar-refractivity contribution in [3.05, 3.63) is 23.9 Å². The van der Waals surface area contributed by atoms with Gasteiger partial charge in [-0.25, -0.2) is 4.98 Å². The zero-order chi connectivity index (χ0) is 19.2. The number of morpholine rings is 2. The van der Waals surface area contributed by atoms with Gasteiger partial charge in [0.25, 0.3) is 5.91 Å². The van der Waals surface area contributed by atoms with E-state index >= 15 is 0 Å². The zero-order valence-corrected chi connectivity index (χ0v) is 16.9. The summed E-state index contributed by atoms with van der Waals surface area (Å²) in [6.45, 7) is 11.0. The fraction of sp³-hybridized carbons (Fsp3) is 0.714. The Morgan fingerprint density at radius 3 is 2.67 bits per heavy atom. The first-order valence-electron chi connectivity index (χ1n) is 10.3. The lowest BCUT2D eigenvalue weighted by molar-refractivity contribution is -0.0962. The molecule has 3 rings (SSSR count). The number of pyridine rings is 1. The molecule has 0 saturated carbocycles. The summed E-state index contributed by atoms with van der Waals surface area (Å²) in [5, 5.41) is 0. The van der Waals surface area contributed by atoms with Crippen molar-refractivity contribution >= 4 is 11.7 Å². The van der Waals surface area contributed by atoms with Crippen LogP contribution in [0, 0.1) is 5.92 Å². The molecule has 0 unspecified atom stereocenters. The van der Waals surface area contributed by atoms with Crippen LogP contribution >= 0.6 is 0 Å². The highest BCUT2D eigenvalue weighted by molar-refractivity contribution is 5.94. The van der Waals surface area contributed by atoms with Gasteiger partial charge >= 0.3 is 0 Å². The number of hydrogen-bond acceptors (Lipinski definition) is 5. The van der Waals surface area contributed by atoms with Crippen molar-refractivity contribution in [1.29, 1.82) is 0 Å². The molecule has 6 heteroatoms. The molecular formula is C21H33N3O3.